The molecular weight excluding hydrogens is 184 g/mol. The maximum absolute atomic E-state index is 11.7. The maximum Gasteiger partial charge on any atom is 0.133 e. The first-order chi connectivity index (χ1) is 6.91. The molecule has 0 amide bonds. The Morgan fingerprint density at radius 1 is 1.07 bits per heavy atom. The number of Topliss-reactive ketones (excluding diaryl/α,β-unsaturated/α-hetero) is 1. The molecule has 0 heterocycles. The van der Waals surface area contributed by atoms with E-state index in [0.29, 0.717) is 23.5 Å². The summed E-state index contributed by atoms with van der Waals surface area (Å²) in [5.41, 5.74) is 0. The molecule has 1 fully saturated rings. The highest BCUT2D eigenvalue weighted by Crippen LogP contribution is 2.39. The van der Waals surface area contributed by atoms with E-state index in [4.69, 9.17) is 0 Å². The first-order valence-corrected chi connectivity index (χ1v) is 6.42. The Kier molecular flexibility index (Phi) is 4.36. The molecule has 0 aromatic heterocycles. The first kappa shape index (κ1) is 12.7. The summed E-state index contributed by atoms with van der Waals surface area (Å²) in [4.78, 5) is 11.7. The van der Waals surface area contributed by atoms with Crippen LogP contribution in [0.4, 0.5) is 0 Å². The summed E-state index contributed by atoms with van der Waals surface area (Å²) in [5, 5.41) is 0. The Morgan fingerprint density at radius 3 is 1.87 bits per heavy atom. The molecule has 0 N–H and O–H groups in total. The summed E-state index contributed by atoms with van der Waals surface area (Å²) in [6, 6.07) is 0. The van der Waals surface area contributed by atoms with E-state index in [9.17, 15) is 4.79 Å². The molecule has 0 bridgehead atoms. The van der Waals surface area contributed by atoms with Crippen LogP contribution in [0.2, 0.25) is 0 Å². The lowest BCUT2D eigenvalue weighted by atomic mass is 9.68. The van der Waals surface area contributed by atoms with Crippen LogP contribution in [0.15, 0.2) is 0 Å². The van der Waals surface area contributed by atoms with Crippen LogP contribution in [-0.2, 0) is 4.79 Å². The van der Waals surface area contributed by atoms with Crippen LogP contribution >= 0.6 is 0 Å². The van der Waals surface area contributed by atoms with Crippen molar-refractivity contribution in [3.05, 3.63) is 0 Å². The fourth-order valence-corrected chi connectivity index (χ4v) is 3.65. The fourth-order valence-electron chi connectivity index (χ4n) is 3.65. The Balaban J connectivity index is 2.70. The van der Waals surface area contributed by atoms with E-state index in [1.54, 1.807) is 6.92 Å². The molecule has 1 rings (SSSR count). The van der Waals surface area contributed by atoms with Gasteiger partial charge in [-0.05, 0) is 49.9 Å². The zero-order valence-corrected chi connectivity index (χ0v) is 10.9. The Labute approximate surface area is 94.6 Å². The molecule has 0 aliphatic heterocycles. The van der Waals surface area contributed by atoms with Gasteiger partial charge < -0.3 is 0 Å². The minimum absolute atomic E-state index is 0.301. The second kappa shape index (κ2) is 5.14. The second-order valence-electron chi connectivity index (χ2n) is 6.06. The molecule has 0 spiro atoms. The normalized spacial score (nSPS) is 34.1. The van der Waals surface area contributed by atoms with Gasteiger partial charge in [-0.25, -0.2) is 0 Å². The fraction of sp³-hybridized carbons (Fsp3) is 0.929. The standard InChI is InChI=1S/C14H26O/c1-9(2)14(12(5)15)13-7-10(3)6-11(4)8-13/h9-11,13-14H,6-8H2,1-5H3. The van der Waals surface area contributed by atoms with Gasteiger partial charge in [-0.1, -0.05) is 27.7 Å². The topological polar surface area (TPSA) is 17.1 Å². The van der Waals surface area contributed by atoms with E-state index in [0.717, 1.165) is 11.8 Å². The number of ketones is 1. The molecule has 0 saturated heterocycles. The molecule has 1 heteroatoms. The monoisotopic (exact) mass is 210 g/mol. The number of hydrogen-bond donors (Lipinski definition) is 0. The molecule has 88 valence electrons. The van der Waals surface area contributed by atoms with Gasteiger partial charge in [0.05, 0.1) is 0 Å². The van der Waals surface area contributed by atoms with Gasteiger partial charge in [0.2, 0.25) is 0 Å². The molecule has 0 aromatic carbocycles. The number of carbonyl (C=O) groups excluding carboxylic acids is 1. The molecular formula is C14H26O. The third-order valence-electron chi connectivity index (χ3n) is 3.91. The third kappa shape index (κ3) is 3.32. The lowest BCUT2D eigenvalue weighted by Gasteiger charge is -2.37. The number of hydrogen-bond acceptors (Lipinski definition) is 1. The second-order valence-corrected chi connectivity index (χ2v) is 6.06. The molecule has 3 atom stereocenters. The van der Waals surface area contributed by atoms with Crippen molar-refractivity contribution < 1.29 is 4.79 Å². The largest absolute Gasteiger partial charge is 0.300 e. The van der Waals surface area contributed by atoms with E-state index in [2.05, 4.69) is 27.7 Å². The summed E-state index contributed by atoms with van der Waals surface area (Å²) in [7, 11) is 0. The van der Waals surface area contributed by atoms with Crippen molar-refractivity contribution in [1.29, 1.82) is 0 Å². The van der Waals surface area contributed by atoms with Crippen molar-refractivity contribution in [2.75, 3.05) is 0 Å². The Bertz CT molecular complexity index is 209. The van der Waals surface area contributed by atoms with Crippen LogP contribution in [0, 0.1) is 29.6 Å². The van der Waals surface area contributed by atoms with Crippen molar-refractivity contribution >= 4 is 5.78 Å². The van der Waals surface area contributed by atoms with Gasteiger partial charge >= 0.3 is 0 Å². The maximum atomic E-state index is 11.7. The van der Waals surface area contributed by atoms with Crippen LogP contribution in [0.5, 0.6) is 0 Å². The first-order valence-electron chi connectivity index (χ1n) is 6.42. The highest BCUT2D eigenvalue weighted by molar-refractivity contribution is 5.78. The minimum Gasteiger partial charge on any atom is -0.300 e. The van der Waals surface area contributed by atoms with Gasteiger partial charge in [0.1, 0.15) is 5.78 Å². The third-order valence-corrected chi connectivity index (χ3v) is 3.91. The predicted molar refractivity (Wildman–Crippen MR) is 64.7 cm³/mol. The molecule has 1 nitrogen and oxygen atoms in total. The van der Waals surface area contributed by atoms with E-state index >= 15 is 0 Å². The van der Waals surface area contributed by atoms with Crippen LogP contribution in [0.3, 0.4) is 0 Å². The molecule has 1 aliphatic carbocycles. The molecule has 1 aliphatic rings. The van der Waals surface area contributed by atoms with Crippen molar-refractivity contribution in [1.82, 2.24) is 0 Å². The quantitative estimate of drug-likeness (QED) is 0.690. The summed E-state index contributed by atoms with van der Waals surface area (Å²) in [6.45, 7) is 10.8. The highest BCUT2D eigenvalue weighted by atomic mass is 16.1. The van der Waals surface area contributed by atoms with Gasteiger partial charge in [-0.15, -0.1) is 0 Å². The van der Waals surface area contributed by atoms with Crippen molar-refractivity contribution in [3.8, 4) is 0 Å². The molecule has 15 heavy (non-hydrogen) atoms. The van der Waals surface area contributed by atoms with Gasteiger partial charge in [-0.2, -0.15) is 0 Å². The van der Waals surface area contributed by atoms with Gasteiger partial charge in [0, 0.05) is 5.92 Å². The van der Waals surface area contributed by atoms with Gasteiger partial charge in [0.15, 0.2) is 0 Å². The van der Waals surface area contributed by atoms with Crippen molar-refractivity contribution in [3.63, 3.8) is 0 Å². The average molecular weight is 210 g/mol. The summed E-state index contributed by atoms with van der Waals surface area (Å²) in [6.07, 6.45) is 3.86. The number of rotatable bonds is 3. The Hall–Kier alpha value is -0.330. The van der Waals surface area contributed by atoms with Crippen LogP contribution < -0.4 is 0 Å². The zero-order valence-electron chi connectivity index (χ0n) is 10.9. The summed E-state index contributed by atoms with van der Waals surface area (Å²) in [5.74, 6) is 3.46. The lowest BCUT2D eigenvalue weighted by Crippen LogP contribution is -2.32. The van der Waals surface area contributed by atoms with E-state index in [1.807, 2.05) is 0 Å². The molecule has 0 aromatic rings. The van der Waals surface area contributed by atoms with E-state index < -0.39 is 0 Å². The van der Waals surface area contributed by atoms with Gasteiger partial charge in [-0.3, -0.25) is 4.79 Å². The zero-order chi connectivity index (χ0) is 11.6. The van der Waals surface area contributed by atoms with Crippen LogP contribution in [0.1, 0.15) is 53.9 Å². The predicted octanol–water partition coefficient (Wildman–Crippen LogP) is 3.92. The molecule has 3 unspecified atom stereocenters. The smallest absolute Gasteiger partial charge is 0.133 e. The van der Waals surface area contributed by atoms with Crippen LogP contribution in [0.25, 0.3) is 0 Å². The molecule has 1 saturated carbocycles. The van der Waals surface area contributed by atoms with Crippen molar-refractivity contribution in [2.24, 2.45) is 29.6 Å². The summed E-state index contributed by atoms with van der Waals surface area (Å²) < 4.78 is 0. The average Bonchev–Trinajstić information content (AvgIpc) is 1.99. The summed E-state index contributed by atoms with van der Waals surface area (Å²) >= 11 is 0. The minimum atomic E-state index is 0.301. The lowest BCUT2D eigenvalue weighted by molar-refractivity contribution is -0.124. The van der Waals surface area contributed by atoms with Gasteiger partial charge in [0.25, 0.3) is 0 Å². The molecule has 0 radical (unpaired) electrons. The SMILES string of the molecule is CC(=O)C(C(C)C)C1CC(C)CC(C)C1. The van der Waals surface area contributed by atoms with Crippen LogP contribution in [-0.4, -0.2) is 5.78 Å². The van der Waals surface area contributed by atoms with E-state index in [1.165, 1.54) is 19.3 Å². The Morgan fingerprint density at radius 2 is 1.53 bits per heavy atom. The van der Waals surface area contributed by atoms with Crippen molar-refractivity contribution in [2.45, 2.75) is 53.9 Å². The number of carbonyl (C=O) groups is 1. The van der Waals surface area contributed by atoms with E-state index in [-0.39, 0.29) is 0 Å². The highest BCUT2D eigenvalue weighted by Gasteiger charge is 2.33.